The van der Waals surface area contributed by atoms with E-state index in [1.165, 1.54) is 10.4 Å². The molecule has 1 fully saturated rings. The first-order valence-electron chi connectivity index (χ1n) is 12.5. The van der Waals surface area contributed by atoms with Crippen molar-refractivity contribution in [1.82, 2.24) is 13.8 Å². The van der Waals surface area contributed by atoms with E-state index in [9.17, 15) is 23.1 Å². The molecule has 8 nitrogen and oxygen atoms in total. The summed E-state index contributed by atoms with van der Waals surface area (Å²) < 4.78 is 29.9. The molecule has 5 rings (SSSR count). The van der Waals surface area contributed by atoms with Gasteiger partial charge in [0.05, 0.1) is 11.3 Å². The van der Waals surface area contributed by atoms with Gasteiger partial charge in [-0.1, -0.05) is 30.7 Å². The van der Waals surface area contributed by atoms with Crippen molar-refractivity contribution >= 4 is 32.8 Å². The second kappa shape index (κ2) is 9.71. The van der Waals surface area contributed by atoms with Gasteiger partial charge in [0.25, 0.3) is 5.91 Å². The molecule has 0 unspecified atom stereocenters. The highest BCUT2D eigenvalue weighted by molar-refractivity contribution is 7.89. The van der Waals surface area contributed by atoms with Crippen LogP contribution < -0.4 is 0 Å². The molecule has 2 aliphatic heterocycles. The number of sulfonamides is 1. The Balaban J connectivity index is 1.39. The number of fused-ring (bicyclic) bond motifs is 3. The third-order valence-corrected chi connectivity index (χ3v) is 9.43. The van der Waals surface area contributed by atoms with Gasteiger partial charge in [-0.3, -0.25) is 9.59 Å². The predicted octanol–water partition coefficient (Wildman–Crippen LogP) is 3.53. The molecule has 9 heteroatoms. The number of aromatic nitrogens is 1. The molecule has 1 aromatic heterocycles. The molecule has 3 aromatic rings. The van der Waals surface area contributed by atoms with Crippen LogP contribution in [-0.2, 0) is 34.2 Å². The monoisotopic (exact) mass is 509 g/mol. The number of hydrogen-bond acceptors (Lipinski definition) is 4. The third-order valence-electron chi connectivity index (χ3n) is 7.53. The minimum absolute atomic E-state index is 0.0272. The number of carbonyl (C=O) groups is 2. The summed E-state index contributed by atoms with van der Waals surface area (Å²) in [6.07, 6.45) is 4.09. The van der Waals surface area contributed by atoms with Gasteiger partial charge in [0.15, 0.2) is 0 Å². The van der Waals surface area contributed by atoms with E-state index in [0.717, 1.165) is 41.4 Å². The molecule has 0 aliphatic carbocycles. The molecule has 1 atom stereocenters. The number of benzene rings is 2. The molecule has 1 N–H and O–H groups in total. The number of para-hydroxylation sites is 1. The first-order valence-corrected chi connectivity index (χ1v) is 13.9. The summed E-state index contributed by atoms with van der Waals surface area (Å²) >= 11 is 0. The summed E-state index contributed by atoms with van der Waals surface area (Å²) in [6.45, 7) is 1.59. The Hall–Kier alpha value is -3.17. The van der Waals surface area contributed by atoms with Crippen molar-refractivity contribution in [2.45, 2.75) is 56.0 Å². The normalized spacial score (nSPS) is 18.6. The number of piperidine rings is 1. The van der Waals surface area contributed by atoms with E-state index >= 15 is 0 Å². The average molecular weight is 510 g/mol. The Morgan fingerprint density at radius 1 is 1.06 bits per heavy atom. The van der Waals surface area contributed by atoms with Crippen LogP contribution in [0.1, 0.15) is 47.3 Å². The number of carboxylic acids is 1. The van der Waals surface area contributed by atoms with Gasteiger partial charge in [-0.05, 0) is 55.5 Å². The quantitative estimate of drug-likeness (QED) is 0.548. The van der Waals surface area contributed by atoms with Crippen LogP contribution in [0.3, 0.4) is 0 Å². The molecule has 0 spiro atoms. The SMILES string of the molecule is CN(C(=O)c1cccc(S(=O)(=O)N2CCCCC2)c1)[C@@H]1CCc2c(CC(=O)O)c3ccccc3n2C1. The minimum Gasteiger partial charge on any atom is -0.481 e. The first-order chi connectivity index (χ1) is 17.3. The molecule has 190 valence electrons. The van der Waals surface area contributed by atoms with Crippen LogP contribution in [0.15, 0.2) is 53.4 Å². The number of likely N-dealkylation sites (N-methyl/N-ethyl adjacent to an activating group) is 1. The lowest BCUT2D eigenvalue weighted by atomic mass is 9.99. The largest absolute Gasteiger partial charge is 0.481 e. The molecule has 2 aliphatic rings. The molecular formula is C27H31N3O5S. The number of rotatable bonds is 6. The average Bonchev–Trinajstić information content (AvgIpc) is 3.21. The zero-order valence-electron chi connectivity index (χ0n) is 20.4. The number of aliphatic carboxylic acids is 1. The van der Waals surface area contributed by atoms with Crippen LogP contribution >= 0.6 is 0 Å². The van der Waals surface area contributed by atoms with Crippen LogP contribution in [0, 0.1) is 0 Å². The van der Waals surface area contributed by atoms with E-state index in [1.54, 1.807) is 30.1 Å². The zero-order valence-corrected chi connectivity index (χ0v) is 21.2. The molecule has 0 radical (unpaired) electrons. The maximum Gasteiger partial charge on any atom is 0.307 e. The van der Waals surface area contributed by atoms with Crippen LogP contribution in [0.2, 0.25) is 0 Å². The summed E-state index contributed by atoms with van der Waals surface area (Å²) in [6, 6.07) is 14.1. The number of amides is 1. The van der Waals surface area contributed by atoms with Gasteiger partial charge >= 0.3 is 5.97 Å². The predicted molar refractivity (Wildman–Crippen MR) is 137 cm³/mol. The number of nitrogens with zero attached hydrogens (tertiary/aromatic N) is 3. The van der Waals surface area contributed by atoms with Crippen LogP contribution in [-0.4, -0.2) is 65.4 Å². The van der Waals surface area contributed by atoms with Crippen molar-refractivity contribution < 1.29 is 23.1 Å². The standard InChI is InChI=1S/C27H31N3O5S/c1-28(27(33)19-8-7-9-21(16-19)36(34,35)29-14-5-2-6-15-29)20-12-13-25-23(17-26(31)32)22-10-3-4-11-24(22)30(25)18-20/h3-4,7-11,16,20H,2,5-6,12-15,17-18H2,1H3,(H,31,32)/t20-/m1/s1. The smallest absolute Gasteiger partial charge is 0.307 e. The van der Waals surface area contributed by atoms with Gasteiger partial charge in [-0.25, -0.2) is 8.42 Å². The van der Waals surface area contributed by atoms with E-state index in [2.05, 4.69) is 4.57 Å². The summed E-state index contributed by atoms with van der Waals surface area (Å²) in [5.41, 5.74) is 3.20. The maximum absolute atomic E-state index is 13.5. The van der Waals surface area contributed by atoms with Crippen molar-refractivity contribution in [1.29, 1.82) is 0 Å². The Bertz CT molecular complexity index is 1420. The highest BCUT2D eigenvalue weighted by Crippen LogP contribution is 2.33. The maximum atomic E-state index is 13.5. The molecule has 2 aromatic carbocycles. The number of carboxylic acid groups (broad SMARTS) is 1. The van der Waals surface area contributed by atoms with Crippen molar-refractivity contribution in [3.8, 4) is 0 Å². The molecule has 1 saturated heterocycles. The van der Waals surface area contributed by atoms with E-state index in [0.29, 0.717) is 38.0 Å². The van der Waals surface area contributed by atoms with E-state index in [-0.39, 0.29) is 23.3 Å². The highest BCUT2D eigenvalue weighted by atomic mass is 32.2. The molecule has 3 heterocycles. The summed E-state index contributed by atoms with van der Waals surface area (Å²) in [5, 5.41) is 10.4. The first kappa shape index (κ1) is 24.5. The molecule has 36 heavy (non-hydrogen) atoms. The molecule has 0 saturated carbocycles. The van der Waals surface area contributed by atoms with Crippen molar-refractivity contribution in [2.24, 2.45) is 0 Å². The van der Waals surface area contributed by atoms with Crippen molar-refractivity contribution in [3.05, 3.63) is 65.4 Å². The summed E-state index contributed by atoms with van der Waals surface area (Å²) in [7, 11) is -1.87. The lowest BCUT2D eigenvalue weighted by Crippen LogP contribution is -2.42. The summed E-state index contributed by atoms with van der Waals surface area (Å²) in [4.78, 5) is 26.8. The topological polar surface area (TPSA) is 99.9 Å². The van der Waals surface area contributed by atoms with Crippen LogP contribution in [0.25, 0.3) is 10.9 Å². The fraction of sp³-hybridized carbons (Fsp3) is 0.407. The van der Waals surface area contributed by atoms with Gasteiger partial charge < -0.3 is 14.6 Å². The van der Waals surface area contributed by atoms with Crippen molar-refractivity contribution in [2.75, 3.05) is 20.1 Å². The molecular weight excluding hydrogens is 478 g/mol. The minimum atomic E-state index is -3.63. The molecule has 1 amide bonds. The van der Waals surface area contributed by atoms with Gasteiger partial charge in [0.2, 0.25) is 10.0 Å². The third kappa shape index (κ3) is 4.41. The van der Waals surface area contributed by atoms with Gasteiger partial charge in [-0.2, -0.15) is 4.31 Å². The number of carbonyl (C=O) groups excluding carboxylic acids is 1. The highest BCUT2D eigenvalue weighted by Gasteiger charge is 2.31. The molecule has 0 bridgehead atoms. The fourth-order valence-electron chi connectivity index (χ4n) is 5.61. The van der Waals surface area contributed by atoms with Gasteiger partial charge in [0, 0.05) is 54.9 Å². The van der Waals surface area contributed by atoms with Crippen LogP contribution in [0.5, 0.6) is 0 Å². The lowest BCUT2D eigenvalue weighted by molar-refractivity contribution is -0.136. The van der Waals surface area contributed by atoms with E-state index in [4.69, 9.17) is 0 Å². The second-order valence-electron chi connectivity index (χ2n) is 9.72. The van der Waals surface area contributed by atoms with E-state index < -0.39 is 16.0 Å². The Labute approximate surface area is 211 Å². The number of hydrogen-bond donors (Lipinski definition) is 1. The van der Waals surface area contributed by atoms with Gasteiger partial charge in [-0.15, -0.1) is 0 Å². The Morgan fingerprint density at radius 2 is 1.81 bits per heavy atom. The Kier molecular flexibility index (Phi) is 6.61. The Morgan fingerprint density at radius 3 is 2.56 bits per heavy atom. The van der Waals surface area contributed by atoms with E-state index in [1.807, 2.05) is 24.3 Å². The second-order valence-corrected chi connectivity index (χ2v) is 11.7. The van der Waals surface area contributed by atoms with Crippen molar-refractivity contribution in [3.63, 3.8) is 0 Å². The zero-order chi connectivity index (χ0) is 25.4. The lowest BCUT2D eigenvalue weighted by Gasteiger charge is -2.33. The van der Waals surface area contributed by atoms with Gasteiger partial charge in [0.1, 0.15) is 0 Å². The fourth-order valence-corrected chi connectivity index (χ4v) is 7.17. The van der Waals surface area contributed by atoms with Crippen LogP contribution in [0.4, 0.5) is 0 Å². The summed E-state index contributed by atoms with van der Waals surface area (Å²) in [5.74, 6) is -1.08.